The van der Waals surface area contributed by atoms with Gasteiger partial charge in [-0.3, -0.25) is 4.79 Å². The van der Waals surface area contributed by atoms with Gasteiger partial charge in [-0.25, -0.2) is 17.5 Å². The lowest BCUT2D eigenvalue weighted by Crippen LogP contribution is -2.35. The number of carbonyl (C=O) groups excluding carboxylic acids is 1. The number of hydrogen-bond acceptors (Lipinski definition) is 5. The molecule has 11 heteroatoms. The molecule has 2 heterocycles. The number of nitrogens with one attached hydrogen (secondary N) is 1. The number of sulfone groups is 1. The Morgan fingerprint density at radius 2 is 1.86 bits per heavy atom. The molecule has 1 aromatic heterocycles. The molecule has 4 aromatic rings. The van der Waals surface area contributed by atoms with Gasteiger partial charge in [-0.2, -0.15) is 13.9 Å². The standard InChI is InChI=1S/C25H20F3N3O4S/c26-17-5-7-19(8-6-17)31-22-13-16(24(32)29-18-10-11-36(33,34)14-18)4-9-21(22)23(30-31)15-2-1-3-20(12-15)35-25(27)28/h1-9,12-13,18,25H,10-11,14H2,(H,29,32). The van der Waals surface area contributed by atoms with E-state index in [0.717, 1.165) is 0 Å². The molecule has 36 heavy (non-hydrogen) atoms. The average Bonchev–Trinajstić information content (AvgIpc) is 3.38. The van der Waals surface area contributed by atoms with Crippen molar-refractivity contribution in [2.45, 2.75) is 19.1 Å². The molecule has 1 saturated heterocycles. The van der Waals surface area contributed by atoms with Gasteiger partial charge in [0.25, 0.3) is 5.91 Å². The maximum absolute atomic E-state index is 13.6. The van der Waals surface area contributed by atoms with Crippen molar-refractivity contribution in [3.8, 4) is 22.7 Å². The third kappa shape index (κ3) is 4.92. The molecule has 7 nitrogen and oxygen atoms in total. The second-order valence-corrected chi connectivity index (χ2v) is 10.7. The number of benzene rings is 3. The molecule has 0 radical (unpaired) electrons. The molecule has 1 amide bonds. The Balaban J connectivity index is 1.58. The summed E-state index contributed by atoms with van der Waals surface area (Å²) in [6.07, 6.45) is 0.352. The maximum Gasteiger partial charge on any atom is 0.387 e. The van der Waals surface area contributed by atoms with Gasteiger partial charge >= 0.3 is 6.61 Å². The summed E-state index contributed by atoms with van der Waals surface area (Å²) >= 11 is 0. The fourth-order valence-electron chi connectivity index (χ4n) is 4.25. The molecule has 1 aliphatic rings. The third-order valence-electron chi connectivity index (χ3n) is 5.91. The number of alkyl halides is 2. The van der Waals surface area contributed by atoms with Crippen LogP contribution in [0.25, 0.3) is 27.8 Å². The van der Waals surface area contributed by atoms with Crippen molar-refractivity contribution in [2.75, 3.05) is 11.5 Å². The molecule has 186 valence electrons. The van der Waals surface area contributed by atoms with E-state index in [0.29, 0.717) is 34.3 Å². The van der Waals surface area contributed by atoms with Crippen molar-refractivity contribution in [2.24, 2.45) is 0 Å². The van der Waals surface area contributed by atoms with Crippen LogP contribution in [-0.2, 0) is 9.84 Å². The fourth-order valence-corrected chi connectivity index (χ4v) is 5.92. The minimum absolute atomic E-state index is 0.0329. The average molecular weight is 516 g/mol. The van der Waals surface area contributed by atoms with Crippen LogP contribution < -0.4 is 10.1 Å². The van der Waals surface area contributed by atoms with Crippen LogP contribution in [0.15, 0.2) is 66.7 Å². The zero-order valence-electron chi connectivity index (χ0n) is 18.7. The van der Waals surface area contributed by atoms with Crippen molar-refractivity contribution in [1.29, 1.82) is 0 Å². The van der Waals surface area contributed by atoms with Gasteiger partial charge in [-0.15, -0.1) is 0 Å². The van der Waals surface area contributed by atoms with Gasteiger partial charge in [0.15, 0.2) is 9.84 Å². The zero-order chi connectivity index (χ0) is 25.4. The number of halogens is 3. The summed E-state index contributed by atoms with van der Waals surface area (Å²) in [4.78, 5) is 12.9. The van der Waals surface area contributed by atoms with Crippen LogP contribution in [0, 0.1) is 5.82 Å². The summed E-state index contributed by atoms with van der Waals surface area (Å²) in [6, 6.07) is 16.1. The Morgan fingerprint density at radius 1 is 1.08 bits per heavy atom. The Hall–Kier alpha value is -3.86. The summed E-state index contributed by atoms with van der Waals surface area (Å²) in [7, 11) is -3.16. The Kier molecular flexibility index (Phi) is 6.17. The smallest absolute Gasteiger partial charge is 0.387 e. The fraction of sp³-hybridized carbons (Fsp3) is 0.200. The maximum atomic E-state index is 13.6. The highest BCUT2D eigenvalue weighted by atomic mass is 32.2. The highest BCUT2D eigenvalue weighted by Gasteiger charge is 2.29. The van der Waals surface area contributed by atoms with E-state index < -0.39 is 34.2 Å². The van der Waals surface area contributed by atoms with Crippen molar-refractivity contribution in [3.63, 3.8) is 0 Å². The molecule has 1 fully saturated rings. The van der Waals surface area contributed by atoms with Gasteiger partial charge in [-0.1, -0.05) is 12.1 Å². The van der Waals surface area contributed by atoms with Gasteiger partial charge < -0.3 is 10.1 Å². The molecule has 0 saturated carbocycles. The molecule has 1 N–H and O–H groups in total. The molecule has 1 unspecified atom stereocenters. The number of aromatic nitrogens is 2. The van der Waals surface area contributed by atoms with Crippen LogP contribution in [0.5, 0.6) is 5.75 Å². The van der Waals surface area contributed by atoms with Crippen molar-refractivity contribution >= 4 is 26.6 Å². The van der Waals surface area contributed by atoms with Gasteiger partial charge in [-0.05, 0) is 61.0 Å². The Morgan fingerprint density at radius 3 is 2.56 bits per heavy atom. The van der Waals surface area contributed by atoms with Gasteiger partial charge in [0, 0.05) is 22.6 Å². The van der Waals surface area contributed by atoms with Crippen LogP contribution in [0.4, 0.5) is 13.2 Å². The summed E-state index contributed by atoms with van der Waals surface area (Å²) in [5.74, 6) is -0.963. The summed E-state index contributed by atoms with van der Waals surface area (Å²) in [5, 5.41) is 8.02. The number of carbonyl (C=O) groups is 1. The van der Waals surface area contributed by atoms with Crippen LogP contribution in [0.2, 0.25) is 0 Å². The van der Waals surface area contributed by atoms with Crippen LogP contribution in [0.3, 0.4) is 0 Å². The van der Waals surface area contributed by atoms with E-state index in [-0.39, 0.29) is 22.8 Å². The van der Waals surface area contributed by atoms with E-state index in [4.69, 9.17) is 0 Å². The minimum atomic E-state index is -3.16. The van der Waals surface area contributed by atoms with Crippen LogP contribution in [-0.4, -0.2) is 48.3 Å². The van der Waals surface area contributed by atoms with Crippen molar-refractivity contribution < 1.29 is 31.1 Å². The molecular weight excluding hydrogens is 495 g/mol. The Bertz CT molecular complexity index is 1550. The highest BCUT2D eigenvalue weighted by Crippen LogP contribution is 2.33. The zero-order valence-corrected chi connectivity index (χ0v) is 19.5. The predicted octanol–water partition coefficient (Wildman–Crippen LogP) is 4.35. The van der Waals surface area contributed by atoms with Crippen molar-refractivity contribution in [3.05, 3.63) is 78.1 Å². The number of amides is 1. The molecule has 1 aliphatic heterocycles. The summed E-state index contributed by atoms with van der Waals surface area (Å²) in [5.41, 5.74) is 2.28. The lowest BCUT2D eigenvalue weighted by atomic mass is 10.1. The lowest BCUT2D eigenvalue weighted by molar-refractivity contribution is -0.0498. The lowest BCUT2D eigenvalue weighted by Gasteiger charge is -2.11. The Labute approximate surface area is 204 Å². The first kappa shape index (κ1) is 23.9. The van der Waals surface area contributed by atoms with E-state index in [1.165, 1.54) is 41.1 Å². The van der Waals surface area contributed by atoms with Crippen LogP contribution in [0.1, 0.15) is 16.8 Å². The van der Waals surface area contributed by atoms with Gasteiger partial charge in [0.2, 0.25) is 0 Å². The molecule has 0 bridgehead atoms. The predicted molar refractivity (Wildman–Crippen MR) is 128 cm³/mol. The number of rotatable bonds is 6. The molecule has 1 atom stereocenters. The molecule has 0 spiro atoms. The molecule has 5 rings (SSSR count). The quantitative estimate of drug-likeness (QED) is 0.413. The first-order chi connectivity index (χ1) is 17.2. The second kappa shape index (κ2) is 9.30. The first-order valence-corrected chi connectivity index (χ1v) is 12.9. The molecular formula is C25H20F3N3O4S. The second-order valence-electron chi connectivity index (χ2n) is 8.45. The topological polar surface area (TPSA) is 90.3 Å². The van der Waals surface area contributed by atoms with E-state index in [9.17, 15) is 26.4 Å². The van der Waals surface area contributed by atoms with Crippen LogP contribution >= 0.6 is 0 Å². The van der Waals surface area contributed by atoms with E-state index >= 15 is 0 Å². The monoisotopic (exact) mass is 515 g/mol. The molecule has 0 aliphatic carbocycles. The number of ether oxygens (including phenoxy) is 1. The SMILES string of the molecule is O=C(NC1CCS(=O)(=O)C1)c1ccc2c(-c3cccc(OC(F)F)c3)nn(-c3ccc(F)cc3)c2c1. The minimum Gasteiger partial charge on any atom is -0.435 e. The summed E-state index contributed by atoms with van der Waals surface area (Å²) in [6.45, 7) is -2.98. The largest absolute Gasteiger partial charge is 0.435 e. The third-order valence-corrected chi connectivity index (χ3v) is 7.68. The number of hydrogen-bond donors (Lipinski definition) is 1. The van der Waals surface area contributed by atoms with E-state index in [1.54, 1.807) is 30.3 Å². The van der Waals surface area contributed by atoms with Gasteiger partial charge in [0.1, 0.15) is 17.3 Å². The first-order valence-electron chi connectivity index (χ1n) is 11.0. The normalized spacial score (nSPS) is 16.9. The van der Waals surface area contributed by atoms with E-state index in [1.807, 2.05) is 0 Å². The van der Waals surface area contributed by atoms with Gasteiger partial charge in [0.05, 0.1) is 22.7 Å². The number of fused-ring (bicyclic) bond motifs is 1. The molecule has 3 aromatic carbocycles. The number of nitrogens with zero attached hydrogens (tertiary/aromatic N) is 2. The van der Waals surface area contributed by atoms with Crippen molar-refractivity contribution in [1.82, 2.24) is 15.1 Å². The summed E-state index contributed by atoms with van der Waals surface area (Å²) < 4.78 is 68.5. The highest BCUT2D eigenvalue weighted by molar-refractivity contribution is 7.91. The van der Waals surface area contributed by atoms with E-state index in [2.05, 4.69) is 15.2 Å².